The molecule has 0 fully saturated rings. The molecule has 0 amide bonds. The van der Waals surface area contributed by atoms with Gasteiger partial charge in [-0.1, -0.05) is 59.6 Å². The standard InChI is InChI=1S/2C15H10ClNO.Co/c2*16-12-6-8-13(9-7-12)17-15-10-5-11-3-1-2-4-14(11)18-15;/h2*1-10H;. The number of para-hydroxylation sites is 2. The van der Waals surface area contributed by atoms with E-state index in [0.29, 0.717) is 21.2 Å². The Morgan fingerprint density at radius 2 is 0.811 bits per heavy atom. The molecule has 0 atom stereocenters. The Bertz CT molecular complexity index is 1630. The summed E-state index contributed by atoms with van der Waals surface area (Å²) in [5.74, 6) is 0. The first kappa shape index (κ1) is 26.4. The van der Waals surface area contributed by atoms with Gasteiger partial charge >= 0.3 is 0 Å². The predicted molar refractivity (Wildman–Crippen MR) is 146 cm³/mol. The van der Waals surface area contributed by atoms with Gasteiger partial charge < -0.3 is 8.83 Å². The first-order valence-corrected chi connectivity index (χ1v) is 12.0. The zero-order valence-corrected chi connectivity index (χ0v) is 21.9. The van der Waals surface area contributed by atoms with E-state index >= 15 is 0 Å². The Hall–Kier alpha value is -3.61. The number of hydrogen-bond donors (Lipinski definition) is 0. The van der Waals surface area contributed by atoms with Crippen LogP contribution in [0.3, 0.4) is 0 Å². The van der Waals surface area contributed by atoms with Crippen molar-refractivity contribution in [3.63, 3.8) is 0 Å². The quantitative estimate of drug-likeness (QED) is 0.209. The minimum absolute atomic E-state index is 0. The molecular formula is C30H20Cl2CoN2O2. The van der Waals surface area contributed by atoms with Crippen molar-refractivity contribution in [2.75, 3.05) is 0 Å². The van der Waals surface area contributed by atoms with Crippen LogP contribution in [0.25, 0.3) is 21.9 Å². The normalized spacial score (nSPS) is 11.6. The van der Waals surface area contributed by atoms with Crippen LogP contribution in [-0.4, -0.2) is 0 Å². The fourth-order valence-corrected chi connectivity index (χ4v) is 3.70. The average molecular weight is 570 g/mol. The van der Waals surface area contributed by atoms with Crippen LogP contribution in [-0.2, 0) is 16.8 Å². The van der Waals surface area contributed by atoms with Crippen LogP contribution in [0.5, 0.6) is 0 Å². The second-order valence-corrected chi connectivity index (χ2v) is 8.67. The van der Waals surface area contributed by atoms with Crippen molar-refractivity contribution >= 4 is 56.5 Å². The van der Waals surface area contributed by atoms with Gasteiger partial charge in [-0.05, 0) is 72.8 Å². The van der Waals surface area contributed by atoms with Crippen LogP contribution in [0.4, 0.5) is 11.4 Å². The monoisotopic (exact) mass is 569 g/mol. The van der Waals surface area contributed by atoms with E-state index in [1.54, 1.807) is 24.3 Å². The molecule has 0 saturated carbocycles. The zero-order chi connectivity index (χ0) is 24.7. The maximum absolute atomic E-state index is 5.83. The van der Waals surface area contributed by atoms with Crippen LogP contribution < -0.4 is 11.1 Å². The van der Waals surface area contributed by atoms with E-state index in [1.807, 2.05) is 97.1 Å². The molecule has 6 aromatic rings. The molecule has 4 nitrogen and oxygen atoms in total. The Labute approximate surface area is 233 Å². The Morgan fingerprint density at radius 3 is 1.22 bits per heavy atom. The van der Waals surface area contributed by atoms with Gasteiger partial charge in [0.25, 0.3) is 0 Å². The van der Waals surface area contributed by atoms with Crippen molar-refractivity contribution in [3.8, 4) is 0 Å². The van der Waals surface area contributed by atoms with Gasteiger partial charge in [-0.2, -0.15) is 0 Å². The number of hydrogen-bond acceptors (Lipinski definition) is 4. The molecule has 0 unspecified atom stereocenters. The largest absolute Gasteiger partial charge is 0.438 e. The van der Waals surface area contributed by atoms with Crippen molar-refractivity contribution in [1.82, 2.24) is 0 Å². The number of halogens is 2. The topological polar surface area (TPSA) is 51.0 Å². The summed E-state index contributed by atoms with van der Waals surface area (Å²) >= 11 is 11.7. The van der Waals surface area contributed by atoms with E-state index in [2.05, 4.69) is 9.98 Å². The third-order valence-corrected chi connectivity index (χ3v) is 5.71. The van der Waals surface area contributed by atoms with E-state index in [9.17, 15) is 0 Å². The van der Waals surface area contributed by atoms with Gasteiger partial charge in [0.15, 0.2) is 0 Å². The number of fused-ring (bicyclic) bond motifs is 2. The van der Waals surface area contributed by atoms with Crippen LogP contribution in [0.1, 0.15) is 0 Å². The third kappa shape index (κ3) is 7.21. The summed E-state index contributed by atoms with van der Waals surface area (Å²) < 4.78 is 11.4. The van der Waals surface area contributed by atoms with E-state index in [0.717, 1.165) is 33.3 Å². The summed E-state index contributed by atoms with van der Waals surface area (Å²) in [6.07, 6.45) is 0. The summed E-state index contributed by atoms with van der Waals surface area (Å²) in [5.41, 5.74) is 4.45. The van der Waals surface area contributed by atoms with Crippen LogP contribution in [0.2, 0.25) is 10.0 Å². The molecule has 0 aliphatic carbocycles. The van der Waals surface area contributed by atoms with Gasteiger partial charge in [-0.3, -0.25) is 0 Å². The van der Waals surface area contributed by atoms with Gasteiger partial charge in [0, 0.05) is 49.7 Å². The first-order valence-electron chi connectivity index (χ1n) is 11.2. The molecule has 1 radical (unpaired) electrons. The molecular weight excluding hydrogens is 550 g/mol. The Balaban J connectivity index is 0.000000168. The molecule has 0 aliphatic rings. The maximum Gasteiger partial charge on any atom is 0.219 e. The molecule has 0 aliphatic heterocycles. The SMILES string of the molecule is Clc1ccc(N=c2ccc3ccccc3o2)cc1.Clc1ccc(N=c2ccc3ccccc3o2)cc1.[Co]. The molecule has 0 saturated heterocycles. The summed E-state index contributed by atoms with van der Waals surface area (Å²) in [5, 5.41) is 3.52. The van der Waals surface area contributed by atoms with Gasteiger partial charge in [0.05, 0.1) is 11.4 Å². The number of benzene rings is 4. The van der Waals surface area contributed by atoms with E-state index < -0.39 is 0 Å². The van der Waals surface area contributed by atoms with Gasteiger partial charge in [0.1, 0.15) is 11.2 Å². The Morgan fingerprint density at radius 1 is 0.432 bits per heavy atom. The van der Waals surface area contributed by atoms with Crippen molar-refractivity contribution in [2.45, 2.75) is 0 Å². The van der Waals surface area contributed by atoms with E-state index in [-0.39, 0.29) is 16.8 Å². The Kier molecular flexibility index (Phi) is 8.98. The van der Waals surface area contributed by atoms with Gasteiger partial charge in [-0.25, -0.2) is 9.98 Å². The molecule has 7 heteroatoms. The van der Waals surface area contributed by atoms with Crippen molar-refractivity contribution in [3.05, 3.63) is 142 Å². The predicted octanol–water partition coefficient (Wildman–Crippen LogP) is 8.63. The summed E-state index contributed by atoms with van der Waals surface area (Å²) in [4.78, 5) is 8.81. The molecule has 0 bridgehead atoms. The van der Waals surface area contributed by atoms with Crippen molar-refractivity contribution in [1.29, 1.82) is 0 Å². The fraction of sp³-hybridized carbons (Fsp3) is 0. The summed E-state index contributed by atoms with van der Waals surface area (Å²) in [6.45, 7) is 0. The van der Waals surface area contributed by atoms with Crippen LogP contribution >= 0.6 is 23.2 Å². The minimum atomic E-state index is 0. The second-order valence-electron chi connectivity index (χ2n) is 7.80. The molecule has 0 N–H and O–H groups in total. The molecule has 2 aromatic heterocycles. The fourth-order valence-electron chi connectivity index (χ4n) is 3.44. The molecule has 37 heavy (non-hydrogen) atoms. The molecule has 4 aromatic carbocycles. The third-order valence-electron chi connectivity index (χ3n) is 5.21. The molecule has 0 spiro atoms. The summed E-state index contributed by atoms with van der Waals surface area (Å²) in [6, 6.07) is 38.1. The first-order chi connectivity index (χ1) is 17.6. The maximum atomic E-state index is 5.83. The zero-order valence-electron chi connectivity index (χ0n) is 19.3. The molecule has 185 valence electrons. The van der Waals surface area contributed by atoms with E-state index in [4.69, 9.17) is 32.0 Å². The second kappa shape index (κ2) is 12.6. The number of rotatable bonds is 2. The van der Waals surface area contributed by atoms with Gasteiger partial charge in [-0.15, -0.1) is 0 Å². The summed E-state index contributed by atoms with van der Waals surface area (Å²) in [7, 11) is 0. The minimum Gasteiger partial charge on any atom is -0.438 e. The average Bonchev–Trinajstić information content (AvgIpc) is 2.92. The molecule has 2 heterocycles. The molecule has 6 rings (SSSR count). The van der Waals surface area contributed by atoms with Crippen molar-refractivity contribution < 1.29 is 25.6 Å². The van der Waals surface area contributed by atoms with Crippen LogP contribution in [0.15, 0.2) is 140 Å². The van der Waals surface area contributed by atoms with Gasteiger partial charge in [0.2, 0.25) is 11.1 Å². The van der Waals surface area contributed by atoms with Crippen molar-refractivity contribution in [2.24, 2.45) is 9.98 Å². The van der Waals surface area contributed by atoms with E-state index in [1.165, 1.54) is 0 Å². The smallest absolute Gasteiger partial charge is 0.219 e. The number of nitrogens with zero attached hydrogens (tertiary/aromatic N) is 2. The van der Waals surface area contributed by atoms with Crippen LogP contribution in [0, 0.1) is 0 Å².